The number of para-hydroxylation sites is 1. The predicted molar refractivity (Wildman–Crippen MR) is 96.0 cm³/mol. The van der Waals surface area contributed by atoms with Gasteiger partial charge in [-0.2, -0.15) is 5.26 Å². The first-order valence-electron chi connectivity index (χ1n) is 7.01. The van der Waals surface area contributed by atoms with Gasteiger partial charge in [-0.25, -0.2) is 0 Å². The van der Waals surface area contributed by atoms with Crippen LogP contribution in [0.3, 0.4) is 0 Å². The Morgan fingerprint density at radius 2 is 1.91 bits per heavy atom. The van der Waals surface area contributed by atoms with Crippen LogP contribution in [-0.4, -0.2) is 5.91 Å². The molecule has 116 valence electrons. The fraction of sp³-hybridized carbons (Fsp3) is 0.111. The molecule has 0 aliphatic carbocycles. The molecule has 0 saturated heterocycles. The van der Waals surface area contributed by atoms with E-state index in [1.165, 1.54) is 6.20 Å². The van der Waals surface area contributed by atoms with Crippen molar-refractivity contribution in [3.8, 4) is 6.07 Å². The molecule has 0 aromatic heterocycles. The van der Waals surface area contributed by atoms with Crippen molar-refractivity contribution in [2.45, 2.75) is 13.8 Å². The van der Waals surface area contributed by atoms with Crippen molar-refractivity contribution in [1.82, 2.24) is 0 Å². The van der Waals surface area contributed by atoms with Crippen LogP contribution in [0.1, 0.15) is 11.1 Å². The SMILES string of the molecule is Cc1ccc(NC(=O)/C(C#N)=C\Nc2ccccc2Br)c(C)c1. The first kappa shape index (κ1) is 16.8. The molecule has 0 radical (unpaired) electrons. The smallest absolute Gasteiger partial charge is 0.267 e. The molecule has 0 fully saturated rings. The van der Waals surface area contributed by atoms with E-state index in [9.17, 15) is 10.1 Å². The van der Waals surface area contributed by atoms with Crippen LogP contribution in [0.25, 0.3) is 0 Å². The van der Waals surface area contributed by atoms with Crippen molar-refractivity contribution in [3.63, 3.8) is 0 Å². The van der Waals surface area contributed by atoms with Gasteiger partial charge in [0.1, 0.15) is 11.6 Å². The Morgan fingerprint density at radius 3 is 2.57 bits per heavy atom. The van der Waals surface area contributed by atoms with E-state index in [2.05, 4.69) is 26.6 Å². The van der Waals surface area contributed by atoms with Gasteiger partial charge in [-0.05, 0) is 53.5 Å². The normalized spacial score (nSPS) is 10.8. The average Bonchev–Trinajstić information content (AvgIpc) is 2.52. The maximum atomic E-state index is 12.2. The number of carbonyl (C=O) groups excluding carboxylic acids is 1. The van der Waals surface area contributed by atoms with E-state index in [1.54, 1.807) is 0 Å². The lowest BCUT2D eigenvalue weighted by Crippen LogP contribution is -2.15. The number of benzene rings is 2. The van der Waals surface area contributed by atoms with Crippen molar-refractivity contribution < 1.29 is 4.79 Å². The van der Waals surface area contributed by atoms with Crippen LogP contribution in [0.4, 0.5) is 11.4 Å². The van der Waals surface area contributed by atoms with Crippen LogP contribution in [0.15, 0.2) is 58.7 Å². The highest BCUT2D eigenvalue weighted by Gasteiger charge is 2.11. The summed E-state index contributed by atoms with van der Waals surface area (Å²) in [6, 6.07) is 15.1. The highest BCUT2D eigenvalue weighted by Crippen LogP contribution is 2.21. The highest BCUT2D eigenvalue weighted by molar-refractivity contribution is 9.10. The van der Waals surface area contributed by atoms with Gasteiger partial charge >= 0.3 is 0 Å². The molecule has 4 nitrogen and oxygen atoms in total. The minimum absolute atomic E-state index is 0.000674. The van der Waals surface area contributed by atoms with E-state index < -0.39 is 5.91 Å². The van der Waals surface area contributed by atoms with Gasteiger partial charge in [-0.1, -0.05) is 29.8 Å². The molecule has 2 aromatic carbocycles. The minimum atomic E-state index is -0.445. The minimum Gasteiger partial charge on any atom is -0.359 e. The molecule has 1 amide bonds. The van der Waals surface area contributed by atoms with E-state index in [0.29, 0.717) is 5.69 Å². The molecule has 0 aliphatic heterocycles. The van der Waals surface area contributed by atoms with E-state index in [4.69, 9.17) is 0 Å². The molecular weight excluding hydrogens is 354 g/mol. The average molecular weight is 370 g/mol. The number of halogens is 1. The second-order valence-electron chi connectivity index (χ2n) is 5.07. The fourth-order valence-electron chi connectivity index (χ4n) is 2.02. The molecule has 0 bridgehead atoms. The van der Waals surface area contributed by atoms with Crippen LogP contribution < -0.4 is 10.6 Å². The topological polar surface area (TPSA) is 64.9 Å². The first-order valence-corrected chi connectivity index (χ1v) is 7.80. The summed E-state index contributed by atoms with van der Waals surface area (Å²) in [6.07, 6.45) is 1.40. The van der Waals surface area contributed by atoms with Gasteiger partial charge in [0, 0.05) is 16.4 Å². The molecular formula is C18H16BrN3O. The number of rotatable bonds is 4. The second-order valence-corrected chi connectivity index (χ2v) is 5.92. The van der Waals surface area contributed by atoms with Crippen LogP contribution in [0, 0.1) is 25.2 Å². The van der Waals surface area contributed by atoms with Gasteiger partial charge in [0.25, 0.3) is 5.91 Å². The summed E-state index contributed by atoms with van der Waals surface area (Å²) in [5.41, 5.74) is 3.55. The summed E-state index contributed by atoms with van der Waals surface area (Å²) >= 11 is 3.40. The third-order valence-corrected chi connectivity index (χ3v) is 3.93. The summed E-state index contributed by atoms with van der Waals surface area (Å²) < 4.78 is 0.850. The highest BCUT2D eigenvalue weighted by atomic mass is 79.9. The molecule has 0 unspecified atom stereocenters. The third kappa shape index (κ3) is 4.44. The van der Waals surface area contributed by atoms with Crippen LogP contribution >= 0.6 is 15.9 Å². The van der Waals surface area contributed by atoms with Gasteiger partial charge in [-0.15, -0.1) is 0 Å². The van der Waals surface area contributed by atoms with Gasteiger partial charge in [0.2, 0.25) is 0 Å². The van der Waals surface area contributed by atoms with Crippen LogP contribution in [-0.2, 0) is 4.79 Å². The van der Waals surface area contributed by atoms with Crippen molar-refractivity contribution in [1.29, 1.82) is 5.26 Å². The van der Waals surface area contributed by atoms with Crippen molar-refractivity contribution in [2.75, 3.05) is 10.6 Å². The van der Waals surface area contributed by atoms with Crippen LogP contribution in [0.5, 0.6) is 0 Å². The maximum absolute atomic E-state index is 12.2. The molecule has 0 saturated carbocycles. The first-order chi connectivity index (χ1) is 11.0. The molecule has 23 heavy (non-hydrogen) atoms. The largest absolute Gasteiger partial charge is 0.359 e. The van der Waals surface area contributed by atoms with E-state index in [0.717, 1.165) is 21.3 Å². The summed E-state index contributed by atoms with van der Waals surface area (Å²) in [4.78, 5) is 12.2. The Bertz CT molecular complexity index is 806. The van der Waals surface area contributed by atoms with Crippen LogP contribution in [0.2, 0.25) is 0 Å². The Morgan fingerprint density at radius 1 is 1.17 bits per heavy atom. The van der Waals surface area contributed by atoms with E-state index in [1.807, 2.05) is 62.4 Å². The fourth-order valence-corrected chi connectivity index (χ4v) is 2.42. The molecule has 0 atom stereocenters. The lowest BCUT2D eigenvalue weighted by atomic mass is 10.1. The number of anilines is 2. The van der Waals surface area contributed by atoms with Gasteiger partial charge < -0.3 is 10.6 Å². The Hall–Kier alpha value is -2.58. The lowest BCUT2D eigenvalue weighted by molar-refractivity contribution is -0.112. The number of aryl methyl sites for hydroxylation is 2. The van der Waals surface area contributed by atoms with Gasteiger partial charge in [0.05, 0.1) is 5.69 Å². The molecule has 2 aromatic rings. The van der Waals surface area contributed by atoms with Gasteiger partial charge in [0.15, 0.2) is 0 Å². The van der Waals surface area contributed by atoms with E-state index >= 15 is 0 Å². The molecule has 2 rings (SSSR count). The standard InChI is InChI=1S/C18H16BrN3O/c1-12-7-8-16(13(2)9-12)22-18(23)14(10-20)11-21-17-6-4-3-5-15(17)19/h3-9,11,21H,1-2H3,(H,22,23)/b14-11-. The summed E-state index contributed by atoms with van der Waals surface area (Å²) in [5.74, 6) is -0.445. The molecule has 5 heteroatoms. The zero-order valence-electron chi connectivity index (χ0n) is 12.9. The number of nitriles is 1. The van der Waals surface area contributed by atoms with E-state index in [-0.39, 0.29) is 5.57 Å². The van der Waals surface area contributed by atoms with Crippen molar-refractivity contribution >= 4 is 33.2 Å². The van der Waals surface area contributed by atoms with Gasteiger partial charge in [-0.3, -0.25) is 4.79 Å². The summed E-state index contributed by atoms with van der Waals surface area (Å²) in [5, 5.41) is 14.9. The Kier molecular flexibility index (Phi) is 5.56. The number of nitrogens with zero attached hydrogens (tertiary/aromatic N) is 1. The predicted octanol–water partition coefficient (Wildman–Crippen LogP) is 4.52. The maximum Gasteiger partial charge on any atom is 0.267 e. The molecule has 2 N–H and O–H groups in total. The quantitative estimate of drug-likeness (QED) is 0.614. The lowest BCUT2D eigenvalue weighted by Gasteiger charge is -2.09. The second kappa shape index (κ2) is 7.61. The molecule has 0 spiro atoms. The number of amides is 1. The Balaban J connectivity index is 2.14. The Labute approximate surface area is 144 Å². The summed E-state index contributed by atoms with van der Waals surface area (Å²) in [7, 11) is 0. The zero-order chi connectivity index (χ0) is 16.8. The number of carbonyl (C=O) groups is 1. The number of nitrogens with one attached hydrogen (secondary N) is 2. The number of hydrogen-bond acceptors (Lipinski definition) is 3. The third-order valence-electron chi connectivity index (χ3n) is 3.24. The molecule has 0 aliphatic rings. The number of hydrogen-bond donors (Lipinski definition) is 2. The zero-order valence-corrected chi connectivity index (χ0v) is 14.4. The summed E-state index contributed by atoms with van der Waals surface area (Å²) in [6.45, 7) is 3.90. The monoisotopic (exact) mass is 369 g/mol. The van der Waals surface area contributed by atoms with Crippen molar-refractivity contribution in [3.05, 3.63) is 69.8 Å². The van der Waals surface area contributed by atoms with Crippen molar-refractivity contribution in [2.24, 2.45) is 0 Å². The molecule has 0 heterocycles.